The Bertz CT molecular complexity index is 902. The van der Waals surface area contributed by atoms with Gasteiger partial charge in [-0.15, -0.1) is 0 Å². The molecule has 2 amide bonds. The molecule has 0 spiro atoms. The number of carbonyl (C=O) groups is 1. The summed E-state index contributed by atoms with van der Waals surface area (Å²) in [5.74, 6) is 1.36. The highest BCUT2D eigenvalue weighted by molar-refractivity contribution is 5.74. The van der Waals surface area contributed by atoms with Crippen molar-refractivity contribution in [3.63, 3.8) is 0 Å². The van der Waals surface area contributed by atoms with E-state index in [9.17, 15) is 4.79 Å². The number of urea groups is 1. The molecule has 0 radical (unpaired) electrons. The Labute approximate surface area is 157 Å². The van der Waals surface area contributed by atoms with Gasteiger partial charge in [0.15, 0.2) is 5.82 Å². The molecule has 1 aliphatic rings. The molecule has 1 aliphatic heterocycles. The minimum atomic E-state index is -0.0266. The molecule has 1 atom stereocenters. The Morgan fingerprint density at radius 3 is 3.07 bits per heavy atom. The van der Waals surface area contributed by atoms with Gasteiger partial charge in [-0.3, -0.25) is 10.1 Å². The molecule has 0 saturated heterocycles. The van der Waals surface area contributed by atoms with E-state index in [2.05, 4.69) is 49.2 Å². The number of hydrogen-bond acceptors (Lipinski definition) is 4. The predicted molar refractivity (Wildman–Crippen MR) is 101 cm³/mol. The SMILES string of the molecule is CCC1c2cccn2CCN1C(=O)NCCc1nc(-c2cccnc2)n[nH]1. The molecule has 27 heavy (non-hydrogen) atoms. The van der Waals surface area contributed by atoms with Crippen LogP contribution in [0.15, 0.2) is 42.9 Å². The Hall–Kier alpha value is -3.16. The van der Waals surface area contributed by atoms with Gasteiger partial charge in [-0.25, -0.2) is 9.78 Å². The smallest absolute Gasteiger partial charge is 0.318 e. The van der Waals surface area contributed by atoms with Gasteiger partial charge in [-0.05, 0) is 30.7 Å². The number of pyridine rings is 1. The highest BCUT2D eigenvalue weighted by Gasteiger charge is 2.29. The van der Waals surface area contributed by atoms with E-state index in [0.29, 0.717) is 18.8 Å². The van der Waals surface area contributed by atoms with E-state index < -0.39 is 0 Å². The van der Waals surface area contributed by atoms with Gasteiger partial charge in [-0.1, -0.05) is 6.92 Å². The molecule has 3 aromatic heterocycles. The number of nitrogens with zero attached hydrogens (tertiary/aromatic N) is 5. The lowest BCUT2D eigenvalue weighted by molar-refractivity contribution is 0.153. The van der Waals surface area contributed by atoms with E-state index >= 15 is 0 Å². The molecule has 4 rings (SSSR count). The molecule has 0 bridgehead atoms. The van der Waals surface area contributed by atoms with E-state index in [0.717, 1.165) is 30.9 Å². The Kier molecular flexibility index (Phi) is 4.86. The van der Waals surface area contributed by atoms with Crippen LogP contribution >= 0.6 is 0 Å². The first kappa shape index (κ1) is 17.3. The number of hydrogen-bond donors (Lipinski definition) is 2. The summed E-state index contributed by atoms with van der Waals surface area (Å²) in [4.78, 5) is 23.1. The maximum absolute atomic E-state index is 12.7. The van der Waals surface area contributed by atoms with Crippen LogP contribution in [0.4, 0.5) is 4.79 Å². The summed E-state index contributed by atoms with van der Waals surface area (Å²) in [6.07, 6.45) is 7.02. The zero-order valence-electron chi connectivity index (χ0n) is 15.3. The Morgan fingerprint density at radius 2 is 2.26 bits per heavy atom. The number of fused-ring (bicyclic) bond motifs is 1. The lowest BCUT2D eigenvalue weighted by Crippen LogP contribution is -2.47. The van der Waals surface area contributed by atoms with E-state index in [-0.39, 0.29) is 12.1 Å². The fourth-order valence-electron chi connectivity index (χ4n) is 3.56. The molecule has 1 unspecified atom stereocenters. The van der Waals surface area contributed by atoms with Crippen molar-refractivity contribution in [3.05, 3.63) is 54.4 Å². The van der Waals surface area contributed by atoms with Gasteiger partial charge in [0.25, 0.3) is 0 Å². The summed E-state index contributed by atoms with van der Waals surface area (Å²) in [5, 5.41) is 10.2. The molecular formula is C19H23N7O. The second-order valence-corrected chi connectivity index (χ2v) is 6.57. The third kappa shape index (κ3) is 3.55. The molecule has 3 aromatic rings. The van der Waals surface area contributed by atoms with Crippen LogP contribution in [0.5, 0.6) is 0 Å². The molecule has 4 heterocycles. The third-order valence-corrected chi connectivity index (χ3v) is 4.90. The van der Waals surface area contributed by atoms with Crippen LogP contribution in [0, 0.1) is 0 Å². The molecule has 2 N–H and O–H groups in total. The Morgan fingerprint density at radius 1 is 1.33 bits per heavy atom. The number of rotatable bonds is 5. The van der Waals surface area contributed by atoms with Crippen LogP contribution in [-0.4, -0.2) is 48.8 Å². The lowest BCUT2D eigenvalue weighted by atomic mass is 10.1. The van der Waals surface area contributed by atoms with Crippen molar-refractivity contribution in [1.29, 1.82) is 0 Å². The number of H-pyrrole nitrogens is 1. The van der Waals surface area contributed by atoms with Gasteiger partial charge in [0.05, 0.1) is 6.04 Å². The van der Waals surface area contributed by atoms with Crippen molar-refractivity contribution in [1.82, 2.24) is 34.9 Å². The molecule has 8 heteroatoms. The second-order valence-electron chi connectivity index (χ2n) is 6.57. The zero-order chi connectivity index (χ0) is 18.6. The second kappa shape index (κ2) is 7.61. The van der Waals surface area contributed by atoms with Crippen LogP contribution < -0.4 is 5.32 Å². The summed E-state index contributed by atoms with van der Waals surface area (Å²) in [7, 11) is 0. The van der Waals surface area contributed by atoms with E-state index in [1.807, 2.05) is 23.1 Å². The van der Waals surface area contributed by atoms with Crippen LogP contribution in [0.2, 0.25) is 0 Å². The van der Waals surface area contributed by atoms with Crippen molar-refractivity contribution in [3.8, 4) is 11.4 Å². The molecule has 0 aliphatic carbocycles. The maximum Gasteiger partial charge on any atom is 0.318 e. The van der Waals surface area contributed by atoms with Gasteiger partial charge < -0.3 is 14.8 Å². The van der Waals surface area contributed by atoms with Crippen molar-refractivity contribution >= 4 is 6.03 Å². The quantitative estimate of drug-likeness (QED) is 0.726. The number of amides is 2. The van der Waals surface area contributed by atoms with Crippen molar-refractivity contribution < 1.29 is 4.79 Å². The first-order valence-corrected chi connectivity index (χ1v) is 9.27. The summed E-state index contributed by atoms with van der Waals surface area (Å²) in [6, 6.07) is 8.01. The zero-order valence-corrected chi connectivity index (χ0v) is 15.3. The predicted octanol–water partition coefficient (Wildman–Crippen LogP) is 2.39. The van der Waals surface area contributed by atoms with Crippen LogP contribution in [0.3, 0.4) is 0 Å². The monoisotopic (exact) mass is 365 g/mol. The Balaban J connectivity index is 1.33. The molecular weight excluding hydrogens is 342 g/mol. The fourth-order valence-corrected chi connectivity index (χ4v) is 3.56. The van der Waals surface area contributed by atoms with Crippen molar-refractivity contribution in [2.45, 2.75) is 32.4 Å². The van der Waals surface area contributed by atoms with Crippen molar-refractivity contribution in [2.24, 2.45) is 0 Å². The number of nitrogens with one attached hydrogen (secondary N) is 2. The van der Waals surface area contributed by atoms with Crippen LogP contribution in [0.25, 0.3) is 11.4 Å². The standard InChI is InChI=1S/C19H23N7O/c1-2-15-16-6-4-10-25(16)11-12-26(15)19(27)21-9-7-17-22-18(24-23-17)14-5-3-8-20-13-14/h3-6,8,10,13,15H,2,7,9,11-12H2,1H3,(H,21,27)(H,22,23,24). The molecule has 0 aromatic carbocycles. The van der Waals surface area contributed by atoms with Gasteiger partial charge in [-0.2, -0.15) is 5.10 Å². The van der Waals surface area contributed by atoms with Gasteiger partial charge in [0.2, 0.25) is 0 Å². The maximum atomic E-state index is 12.7. The summed E-state index contributed by atoms with van der Waals surface area (Å²) < 4.78 is 2.23. The topological polar surface area (TPSA) is 91.7 Å². The molecule has 0 fully saturated rings. The highest BCUT2D eigenvalue weighted by Crippen LogP contribution is 2.28. The lowest BCUT2D eigenvalue weighted by Gasteiger charge is -2.36. The van der Waals surface area contributed by atoms with Crippen LogP contribution in [0.1, 0.15) is 30.9 Å². The summed E-state index contributed by atoms with van der Waals surface area (Å²) in [6.45, 7) is 4.18. The van der Waals surface area contributed by atoms with Crippen molar-refractivity contribution in [2.75, 3.05) is 13.1 Å². The van der Waals surface area contributed by atoms with Gasteiger partial charge in [0, 0.05) is 55.9 Å². The van der Waals surface area contributed by atoms with E-state index in [1.165, 1.54) is 5.69 Å². The first-order valence-electron chi connectivity index (χ1n) is 9.27. The average Bonchev–Trinajstić information content (AvgIpc) is 3.37. The van der Waals surface area contributed by atoms with Gasteiger partial charge in [0.1, 0.15) is 5.82 Å². The van der Waals surface area contributed by atoms with E-state index in [4.69, 9.17) is 0 Å². The normalized spacial score (nSPS) is 16.2. The minimum Gasteiger partial charge on any atom is -0.348 e. The van der Waals surface area contributed by atoms with Crippen LogP contribution in [-0.2, 0) is 13.0 Å². The van der Waals surface area contributed by atoms with E-state index in [1.54, 1.807) is 12.4 Å². The summed E-state index contributed by atoms with van der Waals surface area (Å²) >= 11 is 0. The number of carbonyl (C=O) groups excluding carboxylic acids is 1. The molecule has 0 saturated carbocycles. The largest absolute Gasteiger partial charge is 0.348 e. The average molecular weight is 365 g/mol. The fraction of sp³-hybridized carbons (Fsp3) is 0.368. The highest BCUT2D eigenvalue weighted by atomic mass is 16.2. The van der Waals surface area contributed by atoms with Gasteiger partial charge >= 0.3 is 6.03 Å². The first-order chi connectivity index (χ1) is 13.3. The molecule has 140 valence electrons. The number of aromatic nitrogens is 5. The summed E-state index contributed by atoms with van der Waals surface area (Å²) in [5.41, 5.74) is 2.07. The number of aromatic amines is 1. The minimum absolute atomic E-state index is 0.0266. The molecule has 8 nitrogen and oxygen atoms in total. The third-order valence-electron chi connectivity index (χ3n) is 4.90.